The van der Waals surface area contributed by atoms with E-state index in [0.717, 1.165) is 0 Å². The van der Waals surface area contributed by atoms with Crippen LogP contribution in [0.15, 0.2) is 43.9 Å². The Bertz CT molecular complexity index is 582. The lowest BCUT2D eigenvalue weighted by atomic mass is 10.3. The number of non-ortho nitro benzene ring substituents is 1. The number of ether oxygens (including phenoxy) is 1. The van der Waals surface area contributed by atoms with E-state index in [1.807, 2.05) is 0 Å². The summed E-state index contributed by atoms with van der Waals surface area (Å²) >= 11 is 6.45. The van der Waals surface area contributed by atoms with Crippen molar-refractivity contribution in [3.63, 3.8) is 0 Å². The number of hydrogen-bond donors (Lipinski definition) is 0. The van der Waals surface area contributed by atoms with Crippen molar-refractivity contribution >= 4 is 37.5 Å². The summed E-state index contributed by atoms with van der Waals surface area (Å²) in [6, 6.07) is 7.85. The van der Waals surface area contributed by atoms with E-state index in [1.54, 1.807) is 18.2 Å². The second-order valence-corrected chi connectivity index (χ2v) is 5.00. The summed E-state index contributed by atoms with van der Waals surface area (Å²) in [5.74, 6) is 1.03. The molecule has 1 aromatic heterocycles. The standard InChI is InChI=1S/C11H7Br2NO4/c12-9-3-1-7(14(15)16)5-10(9)17-6-8-2-4-11(13)18-8/h1-5H,6H2. The molecule has 1 heterocycles. The maximum atomic E-state index is 10.7. The van der Waals surface area contributed by atoms with Crippen molar-refractivity contribution in [1.82, 2.24) is 0 Å². The van der Waals surface area contributed by atoms with Crippen LogP contribution in [0, 0.1) is 10.1 Å². The summed E-state index contributed by atoms with van der Waals surface area (Å²) in [7, 11) is 0. The zero-order chi connectivity index (χ0) is 13.1. The molecule has 1 aromatic carbocycles. The van der Waals surface area contributed by atoms with Gasteiger partial charge in [-0.2, -0.15) is 0 Å². The fourth-order valence-electron chi connectivity index (χ4n) is 1.29. The first-order valence-corrected chi connectivity index (χ1v) is 6.46. The molecule has 0 N–H and O–H groups in total. The van der Waals surface area contributed by atoms with Crippen LogP contribution in [0.25, 0.3) is 0 Å². The molecule has 18 heavy (non-hydrogen) atoms. The van der Waals surface area contributed by atoms with Crippen LogP contribution in [0.5, 0.6) is 5.75 Å². The highest BCUT2D eigenvalue weighted by atomic mass is 79.9. The molecular weight excluding hydrogens is 370 g/mol. The highest BCUT2D eigenvalue weighted by Gasteiger charge is 2.11. The molecule has 94 valence electrons. The Balaban J connectivity index is 2.13. The number of benzene rings is 1. The third-order valence-corrected chi connectivity index (χ3v) is 3.21. The smallest absolute Gasteiger partial charge is 0.273 e. The van der Waals surface area contributed by atoms with Crippen LogP contribution in [-0.2, 0) is 6.61 Å². The summed E-state index contributed by atoms with van der Waals surface area (Å²) < 4.78 is 12.0. The summed E-state index contributed by atoms with van der Waals surface area (Å²) in [5.41, 5.74) is -0.0196. The molecule has 0 radical (unpaired) electrons. The molecule has 0 saturated heterocycles. The Hall–Kier alpha value is -1.34. The van der Waals surface area contributed by atoms with Crippen LogP contribution in [-0.4, -0.2) is 4.92 Å². The molecule has 0 spiro atoms. The minimum atomic E-state index is -0.469. The molecule has 5 nitrogen and oxygen atoms in total. The van der Waals surface area contributed by atoms with E-state index in [0.29, 0.717) is 20.7 Å². The molecule has 0 unspecified atom stereocenters. The highest BCUT2D eigenvalue weighted by Crippen LogP contribution is 2.30. The fraction of sp³-hybridized carbons (Fsp3) is 0.0909. The first-order valence-electron chi connectivity index (χ1n) is 4.87. The zero-order valence-corrected chi connectivity index (χ0v) is 12.1. The van der Waals surface area contributed by atoms with Crippen molar-refractivity contribution < 1.29 is 14.1 Å². The van der Waals surface area contributed by atoms with E-state index < -0.39 is 4.92 Å². The molecular formula is C11H7Br2NO4. The number of furan rings is 1. The Morgan fingerprint density at radius 3 is 2.67 bits per heavy atom. The maximum absolute atomic E-state index is 10.7. The zero-order valence-electron chi connectivity index (χ0n) is 8.93. The van der Waals surface area contributed by atoms with Gasteiger partial charge in [-0.05, 0) is 50.1 Å². The van der Waals surface area contributed by atoms with E-state index in [4.69, 9.17) is 9.15 Å². The van der Waals surface area contributed by atoms with Gasteiger partial charge < -0.3 is 9.15 Å². The SMILES string of the molecule is O=[N+]([O-])c1ccc(Br)c(OCc2ccc(Br)o2)c1. The van der Waals surface area contributed by atoms with Crippen molar-refractivity contribution in [2.45, 2.75) is 6.61 Å². The number of hydrogen-bond acceptors (Lipinski definition) is 4. The molecule has 0 aliphatic heterocycles. The molecule has 2 aromatic rings. The topological polar surface area (TPSA) is 65.5 Å². The molecule has 0 aliphatic carbocycles. The minimum absolute atomic E-state index is 0.0196. The van der Waals surface area contributed by atoms with Crippen LogP contribution in [0.4, 0.5) is 5.69 Å². The summed E-state index contributed by atoms with van der Waals surface area (Å²) in [5, 5.41) is 10.7. The van der Waals surface area contributed by atoms with Gasteiger partial charge in [0, 0.05) is 6.07 Å². The lowest BCUT2D eigenvalue weighted by Gasteiger charge is -2.06. The van der Waals surface area contributed by atoms with Crippen molar-refractivity contribution in [3.8, 4) is 5.75 Å². The monoisotopic (exact) mass is 375 g/mol. The summed E-state index contributed by atoms with van der Waals surface area (Å²) in [6.07, 6.45) is 0. The van der Waals surface area contributed by atoms with Gasteiger partial charge in [-0.25, -0.2) is 0 Å². The van der Waals surface area contributed by atoms with E-state index in [9.17, 15) is 10.1 Å². The molecule has 0 amide bonds. The van der Waals surface area contributed by atoms with Gasteiger partial charge in [-0.1, -0.05) is 0 Å². The molecule has 2 rings (SSSR count). The van der Waals surface area contributed by atoms with Gasteiger partial charge in [-0.15, -0.1) is 0 Å². The Labute approximate surface area is 119 Å². The summed E-state index contributed by atoms with van der Waals surface area (Å²) in [4.78, 5) is 10.2. The fourth-order valence-corrected chi connectivity index (χ4v) is 2.00. The lowest BCUT2D eigenvalue weighted by molar-refractivity contribution is -0.385. The van der Waals surface area contributed by atoms with Crippen LogP contribution >= 0.6 is 31.9 Å². The first kappa shape index (κ1) is 13.1. The van der Waals surface area contributed by atoms with Crippen LogP contribution in [0.2, 0.25) is 0 Å². The lowest BCUT2D eigenvalue weighted by Crippen LogP contribution is -1.96. The normalized spacial score (nSPS) is 10.3. The second kappa shape index (κ2) is 5.53. The predicted octanol–water partition coefficient (Wildman–Crippen LogP) is 4.29. The van der Waals surface area contributed by atoms with Crippen LogP contribution < -0.4 is 4.74 Å². The van der Waals surface area contributed by atoms with Crippen LogP contribution in [0.1, 0.15) is 5.76 Å². The Morgan fingerprint density at radius 1 is 1.28 bits per heavy atom. The van der Waals surface area contributed by atoms with Gasteiger partial charge in [0.05, 0.1) is 15.5 Å². The quantitative estimate of drug-likeness (QED) is 0.589. The van der Waals surface area contributed by atoms with Gasteiger partial charge in [0.15, 0.2) is 4.67 Å². The van der Waals surface area contributed by atoms with E-state index >= 15 is 0 Å². The van der Waals surface area contributed by atoms with Crippen LogP contribution in [0.3, 0.4) is 0 Å². The Kier molecular flexibility index (Phi) is 4.03. The average molecular weight is 377 g/mol. The van der Waals surface area contributed by atoms with Gasteiger partial charge in [0.2, 0.25) is 0 Å². The van der Waals surface area contributed by atoms with Gasteiger partial charge in [0.25, 0.3) is 5.69 Å². The minimum Gasteiger partial charge on any atom is -0.484 e. The van der Waals surface area contributed by atoms with Crippen molar-refractivity contribution in [2.24, 2.45) is 0 Å². The average Bonchev–Trinajstić information content (AvgIpc) is 2.74. The summed E-state index contributed by atoms with van der Waals surface area (Å²) in [6.45, 7) is 0.200. The molecule has 7 heteroatoms. The van der Waals surface area contributed by atoms with Crippen molar-refractivity contribution in [2.75, 3.05) is 0 Å². The van der Waals surface area contributed by atoms with Crippen molar-refractivity contribution in [1.29, 1.82) is 0 Å². The van der Waals surface area contributed by atoms with Gasteiger partial charge in [-0.3, -0.25) is 10.1 Å². The number of halogens is 2. The largest absolute Gasteiger partial charge is 0.484 e. The van der Waals surface area contributed by atoms with E-state index in [2.05, 4.69) is 31.9 Å². The highest BCUT2D eigenvalue weighted by molar-refractivity contribution is 9.10. The number of nitro groups is 1. The van der Waals surface area contributed by atoms with E-state index in [1.165, 1.54) is 12.1 Å². The molecule has 0 saturated carbocycles. The van der Waals surface area contributed by atoms with Gasteiger partial charge >= 0.3 is 0 Å². The third-order valence-electron chi connectivity index (χ3n) is 2.12. The van der Waals surface area contributed by atoms with Gasteiger partial charge in [0.1, 0.15) is 18.1 Å². The number of nitrogens with zero attached hydrogens (tertiary/aromatic N) is 1. The Morgan fingerprint density at radius 2 is 2.06 bits per heavy atom. The maximum Gasteiger partial charge on any atom is 0.273 e. The molecule has 0 bridgehead atoms. The molecule has 0 aliphatic rings. The predicted molar refractivity (Wildman–Crippen MR) is 71.5 cm³/mol. The third kappa shape index (κ3) is 3.11. The second-order valence-electron chi connectivity index (χ2n) is 3.37. The van der Waals surface area contributed by atoms with E-state index in [-0.39, 0.29) is 12.3 Å². The molecule has 0 fully saturated rings. The first-order chi connectivity index (χ1) is 8.56. The number of rotatable bonds is 4. The van der Waals surface area contributed by atoms with Crippen molar-refractivity contribution in [3.05, 3.63) is 55.3 Å². The molecule has 0 atom stereocenters. The number of nitro benzene ring substituents is 1.